The summed E-state index contributed by atoms with van der Waals surface area (Å²) in [5.74, 6) is 1.30. The van der Waals surface area contributed by atoms with Gasteiger partial charge in [-0.25, -0.2) is 0 Å². The first-order valence-corrected chi connectivity index (χ1v) is 12.2. The monoisotopic (exact) mass is 455 g/mol. The van der Waals surface area contributed by atoms with Gasteiger partial charge in [-0.2, -0.15) is 0 Å². The van der Waals surface area contributed by atoms with Gasteiger partial charge in [-0.15, -0.1) is 0 Å². The molecule has 0 bridgehead atoms. The fourth-order valence-corrected chi connectivity index (χ4v) is 5.47. The molecule has 0 spiro atoms. The maximum Gasteiger partial charge on any atom is 0.241 e. The maximum absolute atomic E-state index is 13.6. The normalized spacial score (nSPS) is 25.8. The van der Waals surface area contributed by atoms with Gasteiger partial charge in [0.15, 0.2) is 0 Å². The maximum atomic E-state index is 13.6. The molecular weight excluding hydrogens is 418 g/mol. The van der Waals surface area contributed by atoms with E-state index in [-0.39, 0.29) is 36.6 Å². The molecule has 2 heterocycles. The van der Waals surface area contributed by atoms with Crippen LogP contribution in [-0.4, -0.2) is 78.8 Å². The zero-order valence-corrected chi connectivity index (χ0v) is 20.4. The molecule has 2 unspecified atom stereocenters. The number of benzene rings is 1. The topological polar surface area (TPSA) is 70.2 Å². The predicted octanol–water partition coefficient (Wildman–Crippen LogP) is 2.68. The molecule has 1 aromatic carbocycles. The van der Waals surface area contributed by atoms with Crippen molar-refractivity contribution in [3.8, 4) is 5.75 Å². The molecule has 33 heavy (non-hydrogen) atoms. The Kier molecular flexibility index (Phi) is 6.80. The molecule has 1 saturated carbocycles. The summed E-state index contributed by atoms with van der Waals surface area (Å²) in [6.45, 7) is 8.30. The number of likely N-dealkylation sites (tertiary alicyclic amines) is 2. The number of ether oxygens (including phenoxy) is 1. The highest BCUT2D eigenvalue weighted by Gasteiger charge is 2.57. The molecule has 2 atom stereocenters. The molecule has 1 aliphatic carbocycles. The first-order chi connectivity index (χ1) is 15.7. The smallest absolute Gasteiger partial charge is 0.241 e. The molecule has 180 valence electrons. The standard InChI is InChI=1S/C26H37N3O4/c1-18(2)15-28-12-11-19(17-28)16-27(3)23(30)13-26(20-5-9-22(33-4)10-6-20)14-24(31)29(25(26)32)21-7-8-21/h5-6,9-10,18-19,21H,7-8,11-17H2,1-4H3. The van der Waals surface area contributed by atoms with Gasteiger partial charge in [0, 0.05) is 45.6 Å². The fraction of sp³-hybridized carbons (Fsp3) is 0.654. The minimum atomic E-state index is -1.13. The number of amides is 3. The van der Waals surface area contributed by atoms with E-state index in [0.717, 1.165) is 44.5 Å². The number of rotatable bonds is 9. The SMILES string of the molecule is COc1ccc(C2(CC(=O)N(C)CC3CCN(CC(C)C)C3)CC(=O)N(C3CC3)C2=O)cc1. The molecule has 7 heteroatoms. The number of hydrogen-bond acceptors (Lipinski definition) is 5. The van der Waals surface area contributed by atoms with Crippen molar-refractivity contribution in [3.05, 3.63) is 29.8 Å². The lowest BCUT2D eigenvalue weighted by atomic mass is 9.75. The van der Waals surface area contributed by atoms with E-state index in [1.54, 1.807) is 24.1 Å². The van der Waals surface area contributed by atoms with Crippen molar-refractivity contribution in [3.63, 3.8) is 0 Å². The van der Waals surface area contributed by atoms with Gasteiger partial charge in [0.05, 0.1) is 12.5 Å². The van der Waals surface area contributed by atoms with Gasteiger partial charge in [0.25, 0.3) is 0 Å². The van der Waals surface area contributed by atoms with E-state index in [0.29, 0.717) is 24.1 Å². The van der Waals surface area contributed by atoms with Crippen LogP contribution in [0.25, 0.3) is 0 Å². The predicted molar refractivity (Wildman–Crippen MR) is 126 cm³/mol. The first kappa shape index (κ1) is 23.7. The lowest BCUT2D eigenvalue weighted by molar-refractivity contribution is -0.143. The molecule has 7 nitrogen and oxygen atoms in total. The zero-order valence-electron chi connectivity index (χ0n) is 20.4. The van der Waals surface area contributed by atoms with Crippen LogP contribution in [0.4, 0.5) is 0 Å². The van der Waals surface area contributed by atoms with Crippen LogP contribution in [0.5, 0.6) is 5.75 Å². The molecule has 4 rings (SSSR count). The number of methoxy groups -OCH3 is 1. The Morgan fingerprint density at radius 1 is 1.18 bits per heavy atom. The molecule has 3 aliphatic rings. The van der Waals surface area contributed by atoms with Crippen molar-refractivity contribution in [2.24, 2.45) is 11.8 Å². The molecule has 3 amide bonds. The Morgan fingerprint density at radius 2 is 1.88 bits per heavy atom. The third kappa shape index (κ3) is 4.93. The minimum absolute atomic E-state index is 0.00313. The Balaban J connectivity index is 1.50. The van der Waals surface area contributed by atoms with Gasteiger partial charge >= 0.3 is 0 Å². The number of imide groups is 1. The van der Waals surface area contributed by atoms with Crippen LogP contribution in [0, 0.1) is 11.8 Å². The van der Waals surface area contributed by atoms with Crippen LogP contribution in [-0.2, 0) is 19.8 Å². The lowest BCUT2D eigenvalue weighted by Crippen LogP contribution is -2.44. The summed E-state index contributed by atoms with van der Waals surface area (Å²) in [5.41, 5.74) is -0.410. The van der Waals surface area contributed by atoms with Crippen molar-refractivity contribution in [2.45, 2.75) is 57.4 Å². The molecule has 3 fully saturated rings. The second kappa shape index (κ2) is 9.45. The molecule has 1 aromatic rings. The van der Waals surface area contributed by atoms with E-state index in [1.807, 2.05) is 19.2 Å². The summed E-state index contributed by atoms with van der Waals surface area (Å²) in [6, 6.07) is 7.25. The van der Waals surface area contributed by atoms with Crippen LogP contribution >= 0.6 is 0 Å². The molecule has 0 aromatic heterocycles. The number of carbonyl (C=O) groups excluding carboxylic acids is 3. The Bertz CT molecular complexity index is 895. The third-order valence-corrected chi connectivity index (χ3v) is 7.31. The first-order valence-electron chi connectivity index (χ1n) is 12.2. The molecule has 2 saturated heterocycles. The van der Waals surface area contributed by atoms with Crippen LogP contribution in [0.3, 0.4) is 0 Å². The van der Waals surface area contributed by atoms with E-state index in [4.69, 9.17) is 4.74 Å². The molecular formula is C26H37N3O4. The van der Waals surface area contributed by atoms with Gasteiger partial charge in [0.1, 0.15) is 5.75 Å². The van der Waals surface area contributed by atoms with Crippen molar-refractivity contribution in [1.29, 1.82) is 0 Å². The summed E-state index contributed by atoms with van der Waals surface area (Å²) >= 11 is 0. The average molecular weight is 456 g/mol. The number of nitrogens with zero attached hydrogens (tertiary/aromatic N) is 3. The Hall–Kier alpha value is -2.41. The summed E-state index contributed by atoms with van der Waals surface area (Å²) in [7, 11) is 3.42. The van der Waals surface area contributed by atoms with Gasteiger partial charge < -0.3 is 14.5 Å². The van der Waals surface area contributed by atoms with Crippen molar-refractivity contribution in [1.82, 2.24) is 14.7 Å². The van der Waals surface area contributed by atoms with Crippen LogP contribution in [0.2, 0.25) is 0 Å². The van der Waals surface area contributed by atoms with E-state index >= 15 is 0 Å². The largest absolute Gasteiger partial charge is 0.497 e. The molecule has 0 radical (unpaired) electrons. The van der Waals surface area contributed by atoms with Crippen molar-refractivity contribution >= 4 is 17.7 Å². The Labute approximate surface area is 197 Å². The van der Waals surface area contributed by atoms with Gasteiger partial charge in [-0.1, -0.05) is 26.0 Å². The quantitative estimate of drug-likeness (QED) is 0.536. The van der Waals surface area contributed by atoms with E-state index in [9.17, 15) is 14.4 Å². The van der Waals surface area contributed by atoms with Crippen molar-refractivity contribution < 1.29 is 19.1 Å². The van der Waals surface area contributed by atoms with Gasteiger partial charge in [-0.3, -0.25) is 19.3 Å². The second-order valence-electron chi connectivity index (χ2n) is 10.5. The van der Waals surface area contributed by atoms with Gasteiger partial charge in [0.2, 0.25) is 17.7 Å². The van der Waals surface area contributed by atoms with Crippen LogP contribution in [0.1, 0.15) is 51.5 Å². The minimum Gasteiger partial charge on any atom is -0.497 e. The van der Waals surface area contributed by atoms with Crippen molar-refractivity contribution in [2.75, 3.05) is 40.3 Å². The number of hydrogen-bond donors (Lipinski definition) is 0. The van der Waals surface area contributed by atoms with Crippen LogP contribution in [0.15, 0.2) is 24.3 Å². The summed E-state index contributed by atoms with van der Waals surface area (Å²) in [5, 5.41) is 0. The van der Waals surface area contributed by atoms with E-state index in [2.05, 4.69) is 18.7 Å². The average Bonchev–Trinajstić information content (AvgIpc) is 3.46. The van der Waals surface area contributed by atoms with Gasteiger partial charge in [-0.05, 0) is 55.3 Å². The highest BCUT2D eigenvalue weighted by atomic mass is 16.5. The fourth-order valence-electron chi connectivity index (χ4n) is 5.47. The summed E-state index contributed by atoms with van der Waals surface area (Å²) in [4.78, 5) is 45.6. The molecule has 0 N–H and O–H groups in total. The number of carbonyl (C=O) groups is 3. The highest BCUT2D eigenvalue weighted by Crippen LogP contribution is 2.44. The van der Waals surface area contributed by atoms with Crippen LogP contribution < -0.4 is 4.74 Å². The second-order valence-corrected chi connectivity index (χ2v) is 10.5. The van der Waals surface area contributed by atoms with E-state index in [1.165, 1.54) is 4.90 Å². The third-order valence-electron chi connectivity index (χ3n) is 7.31. The molecule has 2 aliphatic heterocycles. The summed E-state index contributed by atoms with van der Waals surface area (Å²) in [6.07, 6.45) is 2.88. The highest BCUT2D eigenvalue weighted by molar-refractivity contribution is 6.11. The van der Waals surface area contributed by atoms with E-state index < -0.39 is 5.41 Å². The summed E-state index contributed by atoms with van der Waals surface area (Å²) < 4.78 is 5.27. The Morgan fingerprint density at radius 3 is 2.48 bits per heavy atom. The zero-order chi connectivity index (χ0) is 23.8. The lowest BCUT2D eigenvalue weighted by Gasteiger charge is -2.30.